The van der Waals surface area contributed by atoms with Crippen LogP contribution in [0.15, 0.2) is 94.7 Å². The van der Waals surface area contributed by atoms with Crippen molar-refractivity contribution in [1.29, 1.82) is 0 Å². The summed E-state index contributed by atoms with van der Waals surface area (Å²) in [5.41, 5.74) is 9.05. The van der Waals surface area contributed by atoms with Crippen LogP contribution < -0.4 is 10.7 Å². The third-order valence-electron chi connectivity index (χ3n) is 6.16. The Hall–Kier alpha value is -3.48. The van der Waals surface area contributed by atoms with Gasteiger partial charge in [-0.25, -0.2) is 0 Å². The average Bonchev–Trinajstić information content (AvgIpc) is 3.27. The smallest absolute Gasteiger partial charge is 0.191 e. The molecule has 0 radical (unpaired) electrons. The van der Waals surface area contributed by atoms with Gasteiger partial charge in [-0.2, -0.15) is 5.10 Å². The highest BCUT2D eigenvalue weighted by molar-refractivity contribution is 7.80. The minimum absolute atomic E-state index is 0.471. The molecule has 3 aromatic carbocycles. The van der Waals surface area contributed by atoms with Crippen molar-refractivity contribution in [3.8, 4) is 0 Å². The van der Waals surface area contributed by atoms with Gasteiger partial charge in [-0.05, 0) is 59.3 Å². The van der Waals surface area contributed by atoms with Gasteiger partial charge in [-0.3, -0.25) is 5.43 Å². The van der Waals surface area contributed by atoms with E-state index in [1.54, 1.807) is 0 Å². The van der Waals surface area contributed by atoms with E-state index in [9.17, 15) is 0 Å². The van der Waals surface area contributed by atoms with Crippen molar-refractivity contribution in [3.63, 3.8) is 0 Å². The summed E-state index contributed by atoms with van der Waals surface area (Å²) in [5, 5.41) is 10.5. The number of benzene rings is 3. The second-order valence-corrected chi connectivity index (χ2v) is 8.81. The molecule has 34 heavy (non-hydrogen) atoms. The molecule has 0 spiro atoms. The van der Waals surface area contributed by atoms with Crippen LogP contribution in [0.3, 0.4) is 0 Å². The van der Waals surface area contributed by atoms with Gasteiger partial charge in [0, 0.05) is 29.9 Å². The van der Waals surface area contributed by atoms with Gasteiger partial charge < -0.3 is 15.0 Å². The van der Waals surface area contributed by atoms with Crippen LogP contribution in [0, 0.1) is 0 Å². The lowest BCUT2D eigenvalue weighted by Gasteiger charge is -2.31. The molecule has 5 nitrogen and oxygen atoms in total. The van der Waals surface area contributed by atoms with Gasteiger partial charge in [0.05, 0.1) is 19.4 Å². The number of ether oxygens (including phenoxy) is 1. The zero-order valence-corrected chi connectivity index (χ0v) is 19.9. The molecule has 172 valence electrons. The highest BCUT2D eigenvalue weighted by Crippen LogP contribution is 2.35. The van der Waals surface area contributed by atoms with Gasteiger partial charge in [0.1, 0.15) is 0 Å². The van der Waals surface area contributed by atoms with Crippen molar-refractivity contribution in [2.45, 2.75) is 12.8 Å². The van der Waals surface area contributed by atoms with E-state index in [4.69, 9.17) is 17.0 Å². The Morgan fingerprint density at radius 3 is 2.53 bits per heavy atom. The lowest BCUT2D eigenvalue weighted by molar-refractivity contribution is 0.0548. The fraction of sp³-hybridized carbons (Fsp3) is 0.214. The van der Waals surface area contributed by atoms with E-state index in [2.05, 4.69) is 69.3 Å². The topological polar surface area (TPSA) is 48.9 Å². The Balaban J connectivity index is 1.33. The Morgan fingerprint density at radius 2 is 1.68 bits per heavy atom. The monoisotopic (exact) mass is 468 g/mol. The number of fused-ring (bicyclic) bond motifs is 1. The first kappa shape index (κ1) is 22.3. The molecule has 1 aliphatic carbocycles. The first-order valence-electron chi connectivity index (χ1n) is 11.7. The average molecular weight is 469 g/mol. The van der Waals surface area contributed by atoms with Crippen molar-refractivity contribution in [2.24, 2.45) is 5.10 Å². The highest BCUT2D eigenvalue weighted by Gasteiger charge is 2.25. The Kier molecular flexibility index (Phi) is 6.98. The minimum Gasteiger partial charge on any atom is -0.378 e. The van der Waals surface area contributed by atoms with Gasteiger partial charge in [0.25, 0.3) is 0 Å². The standard InChI is InChI=1S/C28H28N4OS/c34-28(30-26-12-6-10-22-9-4-5-11-25(22)26)31-29-20-24-14-13-23(19-21-7-2-1-3-8-21)27(24)32-15-17-33-18-16-32/h1-12,19-20H,13-18H2,(H2,30,31,34)/b23-19-,29-20+. The van der Waals surface area contributed by atoms with E-state index in [1.807, 2.05) is 36.5 Å². The van der Waals surface area contributed by atoms with E-state index in [0.717, 1.165) is 50.2 Å². The van der Waals surface area contributed by atoms with E-state index < -0.39 is 0 Å². The molecule has 1 aliphatic heterocycles. The van der Waals surface area contributed by atoms with Crippen LogP contribution in [0.5, 0.6) is 0 Å². The molecular formula is C28H28N4OS. The number of hydrogen-bond acceptors (Lipinski definition) is 4. The molecule has 0 unspecified atom stereocenters. The zero-order chi connectivity index (χ0) is 23.2. The fourth-order valence-corrected chi connectivity index (χ4v) is 4.74. The summed E-state index contributed by atoms with van der Waals surface area (Å²) in [7, 11) is 0. The Labute approximate surface area is 205 Å². The Bertz CT molecular complexity index is 1250. The molecule has 3 aromatic rings. The summed E-state index contributed by atoms with van der Waals surface area (Å²) in [6.07, 6.45) is 6.18. The van der Waals surface area contributed by atoms with Crippen molar-refractivity contribution in [2.75, 3.05) is 31.6 Å². The largest absolute Gasteiger partial charge is 0.378 e. The summed E-state index contributed by atoms with van der Waals surface area (Å²) < 4.78 is 5.59. The van der Waals surface area contributed by atoms with Crippen molar-refractivity contribution >= 4 is 46.1 Å². The molecule has 5 rings (SSSR count). The molecule has 0 aromatic heterocycles. The summed E-state index contributed by atoms with van der Waals surface area (Å²) in [5.74, 6) is 0. The second-order valence-electron chi connectivity index (χ2n) is 8.40. The molecular weight excluding hydrogens is 440 g/mol. The zero-order valence-electron chi connectivity index (χ0n) is 19.0. The van der Waals surface area contributed by atoms with Crippen LogP contribution in [0.2, 0.25) is 0 Å². The molecule has 0 atom stereocenters. The maximum Gasteiger partial charge on any atom is 0.191 e. The summed E-state index contributed by atoms with van der Waals surface area (Å²) in [6, 6.07) is 24.9. The molecule has 6 heteroatoms. The van der Waals surface area contributed by atoms with Gasteiger partial charge >= 0.3 is 0 Å². The molecule has 2 N–H and O–H groups in total. The number of thiocarbonyl (C=S) groups is 1. The van der Waals surface area contributed by atoms with Crippen molar-refractivity contribution < 1.29 is 4.74 Å². The minimum atomic E-state index is 0.471. The number of morpholine rings is 1. The number of allylic oxidation sites excluding steroid dienone is 2. The molecule has 1 saturated heterocycles. The number of hydrazone groups is 1. The number of nitrogens with one attached hydrogen (secondary N) is 2. The van der Waals surface area contributed by atoms with E-state index in [1.165, 1.54) is 27.8 Å². The maximum atomic E-state index is 5.59. The SMILES string of the molecule is S=C(N/N=C/C1=C(N2CCOCC2)C(=C\c2ccccc2)/CC1)Nc1cccc2ccccc12. The third kappa shape index (κ3) is 5.19. The highest BCUT2D eigenvalue weighted by atomic mass is 32.1. The van der Waals surface area contributed by atoms with E-state index in [-0.39, 0.29) is 0 Å². The van der Waals surface area contributed by atoms with Crippen LogP contribution in [-0.4, -0.2) is 42.5 Å². The van der Waals surface area contributed by atoms with Crippen molar-refractivity contribution in [3.05, 3.63) is 95.2 Å². The first-order chi connectivity index (χ1) is 16.8. The molecule has 2 aliphatic rings. The van der Waals surface area contributed by atoms with Gasteiger partial charge in [-0.1, -0.05) is 66.7 Å². The summed E-state index contributed by atoms with van der Waals surface area (Å²) in [4.78, 5) is 2.43. The molecule has 1 fully saturated rings. The summed E-state index contributed by atoms with van der Waals surface area (Å²) >= 11 is 5.51. The quantitative estimate of drug-likeness (QED) is 0.291. The van der Waals surface area contributed by atoms with Crippen LogP contribution in [0.1, 0.15) is 18.4 Å². The molecule has 0 amide bonds. The van der Waals surface area contributed by atoms with Crippen LogP contribution >= 0.6 is 12.2 Å². The fourth-order valence-electron chi connectivity index (χ4n) is 4.58. The molecule has 0 saturated carbocycles. The third-order valence-corrected chi connectivity index (χ3v) is 6.36. The predicted molar refractivity (Wildman–Crippen MR) is 145 cm³/mol. The maximum absolute atomic E-state index is 5.59. The van der Waals surface area contributed by atoms with Gasteiger partial charge in [0.2, 0.25) is 0 Å². The summed E-state index contributed by atoms with van der Waals surface area (Å²) in [6.45, 7) is 3.30. The van der Waals surface area contributed by atoms with Gasteiger partial charge in [0.15, 0.2) is 5.11 Å². The first-order valence-corrected chi connectivity index (χ1v) is 12.1. The molecule has 0 bridgehead atoms. The van der Waals surface area contributed by atoms with E-state index >= 15 is 0 Å². The normalized spacial score (nSPS) is 17.6. The number of anilines is 1. The number of nitrogens with zero attached hydrogens (tertiary/aromatic N) is 2. The van der Waals surface area contributed by atoms with Crippen LogP contribution in [0.4, 0.5) is 5.69 Å². The molecule has 1 heterocycles. The number of rotatable bonds is 5. The Morgan fingerprint density at radius 1 is 0.912 bits per heavy atom. The lowest BCUT2D eigenvalue weighted by atomic mass is 10.1. The lowest BCUT2D eigenvalue weighted by Crippen LogP contribution is -2.36. The van der Waals surface area contributed by atoms with Crippen LogP contribution in [0.25, 0.3) is 16.8 Å². The number of hydrogen-bond donors (Lipinski definition) is 2. The van der Waals surface area contributed by atoms with Gasteiger partial charge in [-0.15, -0.1) is 0 Å². The predicted octanol–water partition coefficient (Wildman–Crippen LogP) is 5.58. The second kappa shape index (κ2) is 10.6. The van der Waals surface area contributed by atoms with Crippen molar-refractivity contribution in [1.82, 2.24) is 10.3 Å². The van der Waals surface area contributed by atoms with E-state index in [0.29, 0.717) is 5.11 Å². The van der Waals surface area contributed by atoms with Crippen LogP contribution in [-0.2, 0) is 4.74 Å².